The molecule has 3 aromatic rings. The highest BCUT2D eigenvalue weighted by Gasteiger charge is 2.15. The maximum Gasteiger partial charge on any atom is 0.199 e. The largest absolute Gasteiger partial charge is 0.378 e. The second kappa shape index (κ2) is 10.4. The third-order valence-corrected chi connectivity index (χ3v) is 6.34. The Bertz CT molecular complexity index is 1060. The molecule has 0 bridgehead atoms. The average Bonchev–Trinajstić information content (AvgIpc) is 2.72. The van der Waals surface area contributed by atoms with E-state index in [4.69, 9.17) is 34.8 Å². The molecule has 0 amide bonds. The quantitative estimate of drug-likeness (QED) is 0.255. The molecular weight excluding hydrogens is 457 g/mol. The van der Waals surface area contributed by atoms with Crippen LogP contribution in [0.25, 0.3) is 6.08 Å². The van der Waals surface area contributed by atoms with E-state index in [1.54, 1.807) is 36.4 Å². The van der Waals surface area contributed by atoms with Gasteiger partial charge >= 0.3 is 0 Å². The van der Waals surface area contributed by atoms with Crippen LogP contribution in [-0.4, -0.2) is 19.9 Å². The van der Waals surface area contributed by atoms with Crippen LogP contribution >= 0.6 is 46.6 Å². The van der Waals surface area contributed by atoms with Crippen molar-refractivity contribution < 1.29 is 4.79 Å². The lowest BCUT2D eigenvalue weighted by Crippen LogP contribution is -2.08. The number of hydrogen-bond donors (Lipinski definition) is 0. The molecule has 0 atom stereocenters. The van der Waals surface area contributed by atoms with E-state index in [-0.39, 0.29) is 5.78 Å². The highest BCUT2D eigenvalue weighted by molar-refractivity contribution is 8.03. The molecule has 0 spiro atoms. The molecule has 0 aliphatic carbocycles. The molecule has 0 aliphatic rings. The van der Waals surface area contributed by atoms with E-state index in [0.29, 0.717) is 31.3 Å². The van der Waals surface area contributed by atoms with E-state index in [0.717, 1.165) is 16.8 Å². The van der Waals surface area contributed by atoms with Crippen LogP contribution in [0.3, 0.4) is 0 Å². The number of carbonyl (C=O) groups is 1. The van der Waals surface area contributed by atoms with Crippen molar-refractivity contribution in [2.24, 2.45) is 0 Å². The molecule has 0 aromatic heterocycles. The predicted molar refractivity (Wildman–Crippen MR) is 132 cm³/mol. The molecule has 3 rings (SSSR count). The third-order valence-electron chi connectivity index (χ3n) is 4.44. The minimum absolute atomic E-state index is 0.0570. The number of hydrogen-bond acceptors (Lipinski definition) is 3. The first kappa shape index (κ1) is 22.8. The fourth-order valence-corrected chi connectivity index (χ4v) is 4.44. The Labute approximate surface area is 196 Å². The Morgan fingerprint density at radius 3 is 2.13 bits per heavy atom. The zero-order chi connectivity index (χ0) is 21.7. The number of halogens is 3. The number of allylic oxidation sites excluding steroid dienone is 1. The number of ketones is 1. The minimum atomic E-state index is -0.0570. The van der Waals surface area contributed by atoms with Gasteiger partial charge in [-0.15, -0.1) is 11.8 Å². The number of Topliss-reactive ketones (excluding diaryl/α,β-unsaturated/α-hetero) is 1. The smallest absolute Gasteiger partial charge is 0.199 e. The number of benzene rings is 3. The number of thioether (sulfide) groups is 1. The number of nitrogens with zero attached hydrogens (tertiary/aromatic N) is 1. The van der Waals surface area contributed by atoms with E-state index in [9.17, 15) is 4.79 Å². The van der Waals surface area contributed by atoms with Crippen LogP contribution in [0.4, 0.5) is 5.69 Å². The normalized spacial score (nSPS) is 11.4. The molecule has 3 aromatic carbocycles. The zero-order valence-electron chi connectivity index (χ0n) is 16.5. The van der Waals surface area contributed by atoms with Crippen molar-refractivity contribution in [2.75, 3.05) is 19.0 Å². The molecule has 0 saturated carbocycles. The van der Waals surface area contributed by atoms with E-state index in [2.05, 4.69) is 0 Å². The Kier molecular flexibility index (Phi) is 7.90. The Balaban J connectivity index is 1.90. The fourth-order valence-electron chi connectivity index (χ4n) is 2.73. The minimum Gasteiger partial charge on any atom is -0.378 e. The Morgan fingerprint density at radius 2 is 1.53 bits per heavy atom. The molecular formula is C24H20Cl3NOS. The maximum atomic E-state index is 13.2. The van der Waals surface area contributed by atoms with Crippen LogP contribution in [0, 0.1) is 0 Å². The molecule has 154 valence electrons. The van der Waals surface area contributed by atoms with E-state index in [1.807, 2.05) is 55.4 Å². The van der Waals surface area contributed by atoms with Gasteiger partial charge in [-0.2, -0.15) is 0 Å². The zero-order valence-corrected chi connectivity index (χ0v) is 19.6. The van der Waals surface area contributed by atoms with E-state index >= 15 is 0 Å². The van der Waals surface area contributed by atoms with Crippen molar-refractivity contribution in [3.05, 3.63) is 103 Å². The fraction of sp³-hybridized carbons (Fsp3) is 0.125. The molecule has 0 heterocycles. The Morgan fingerprint density at radius 1 is 0.900 bits per heavy atom. The monoisotopic (exact) mass is 475 g/mol. The third kappa shape index (κ3) is 6.05. The standard InChI is InChI=1S/C24H20Cl3NOS/c1-28(2)21-11-3-16(4-12-21)13-23(24(29)17-5-8-19(25)9-6-17)30-15-18-7-10-20(26)14-22(18)27/h3-14H,15H2,1-2H3/b23-13+. The van der Waals surface area contributed by atoms with Crippen molar-refractivity contribution in [3.8, 4) is 0 Å². The van der Waals surface area contributed by atoms with Crippen LogP contribution < -0.4 is 4.90 Å². The molecule has 0 aliphatic heterocycles. The van der Waals surface area contributed by atoms with Crippen molar-refractivity contribution in [2.45, 2.75) is 5.75 Å². The second-order valence-corrected chi connectivity index (χ2v) is 9.15. The topological polar surface area (TPSA) is 20.3 Å². The van der Waals surface area contributed by atoms with Gasteiger partial charge in [-0.3, -0.25) is 4.79 Å². The van der Waals surface area contributed by atoms with Crippen LogP contribution in [-0.2, 0) is 5.75 Å². The van der Waals surface area contributed by atoms with Crippen LogP contribution in [0.15, 0.2) is 71.6 Å². The van der Waals surface area contributed by atoms with Crippen molar-refractivity contribution >= 4 is 64.1 Å². The highest BCUT2D eigenvalue weighted by Crippen LogP contribution is 2.31. The van der Waals surface area contributed by atoms with Crippen molar-refractivity contribution in [1.82, 2.24) is 0 Å². The van der Waals surface area contributed by atoms with Crippen molar-refractivity contribution in [3.63, 3.8) is 0 Å². The SMILES string of the molecule is CN(C)c1ccc(/C=C(/SCc2ccc(Cl)cc2Cl)C(=O)c2ccc(Cl)cc2)cc1. The van der Waals surface area contributed by atoms with E-state index in [1.165, 1.54) is 11.8 Å². The molecule has 0 unspecified atom stereocenters. The number of carbonyl (C=O) groups excluding carboxylic acids is 1. The van der Waals surface area contributed by atoms with Gasteiger partial charge in [0.2, 0.25) is 0 Å². The van der Waals surface area contributed by atoms with E-state index < -0.39 is 0 Å². The van der Waals surface area contributed by atoms with Gasteiger partial charge < -0.3 is 4.90 Å². The molecule has 6 heteroatoms. The second-order valence-electron chi connectivity index (χ2n) is 6.85. The lowest BCUT2D eigenvalue weighted by molar-refractivity contribution is 0.104. The maximum absolute atomic E-state index is 13.2. The molecule has 0 radical (unpaired) electrons. The molecule has 30 heavy (non-hydrogen) atoms. The van der Waals surface area contributed by atoms with Crippen molar-refractivity contribution in [1.29, 1.82) is 0 Å². The van der Waals surface area contributed by atoms with Crippen LogP contribution in [0.5, 0.6) is 0 Å². The van der Waals surface area contributed by atoms with Gasteiger partial charge in [-0.05, 0) is 65.7 Å². The number of anilines is 1. The summed E-state index contributed by atoms with van der Waals surface area (Å²) in [4.78, 5) is 15.9. The van der Waals surface area contributed by atoms with Gasteiger partial charge in [-0.25, -0.2) is 0 Å². The predicted octanol–water partition coefficient (Wildman–Crippen LogP) is 7.87. The van der Waals surface area contributed by atoms with Gasteiger partial charge in [0.25, 0.3) is 0 Å². The molecule has 0 fully saturated rings. The summed E-state index contributed by atoms with van der Waals surface area (Å²) in [6.45, 7) is 0. The summed E-state index contributed by atoms with van der Waals surface area (Å²) in [5, 5.41) is 1.77. The summed E-state index contributed by atoms with van der Waals surface area (Å²) >= 11 is 19.7. The average molecular weight is 477 g/mol. The Hall–Kier alpha value is -1.91. The molecule has 2 nitrogen and oxygen atoms in total. The van der Waals surface area contributed by atoms with Gasteiger partial charge in [0.1, 0.15) is 0 Å². The van der Waals surface area contributed by atoms with Crippen LogP contribution in [0.1, 0.15) is 21.5 Å². The van der Waals surface area contributed by atoms with Gasteiger partial charge in [-0.1, -0.05) is 53.0 Å². The summed E-state index contributed by atoms with van der Waals surface area (Å²) in [7, 11) is 3.98. The lowest BCUT2D eigenvalue weighted by Gasteiger charge is -2.12. The summed E-state index contributed by atoms with van der Waals surface area (Å²) in [6.07, 6.45) is 1.91. The first-order valence-corrected chi connectivity index (χ1v) is 11.3. The first-order chi connectivity index (χ1) is 14.3. The summed E-state index contributed by atoms with van der Waals surface area (Å²) in [5.41, 5.74) is 3.56. The summed E-state index contributed by atoms with van der Waals surface area (Å²) < 4.78 is 0. The first-order valence-electron chi connectivity index (χ1n) is 9.19. The molecule has 0 N–H and O–H groups in total. The number of rotatable bonds is 7. The molecule has 0 saturated heterocycles. The lowest BCUT2D eigenvalue weighted by atomic mass is 10.1. The highest BCUT2D eigenvalue weighted by atomic mass is 35.5. The summed E-state index contributed by atoms with van der Waals surface area (Å²) in [6, 6.07) is 20.4. The van der Waals surface area contributed by atoms with Gasteiger partial charge in [0.05, 0.1) is 4.91 Å². The van der Waals surface area contributed by atoms with Gasteiger partial charge in [0.15, 0.2) is 5.78 Å². The summed E-state index contributed by atoms with van der Waals surface area (Å²) in [5.74, 6) is 0.496. The van der Waals surface area contributed by atoms with Gasteiger partial charge in [0, 0.05) is 46.2 Å². The van der Waals surface area contributed by atoms with Crippen LogP contribution in [0.2, 0.25) is 15.1 Å².